The van der Waals surface area contributed by atoms with E-state index >= 15 is 0 Å². The van der Waals surface area contributed by atoms with Crippen molar-refractivity contribution in [2.24, 2.45) is 0 Å². The Hall–Kier alpha value is -2.93. The number of para-hydroxylation sites is 1. The zero-order valence-corrected chi connectivity index (χ0v) is 16.9. The molecule has 6 nitrogen and oxygen atoms in total. The molecule has 28 heavy (non-hydrogen) atoms. The maximum absolute atomic E-state index is 12.8. The number of fused-ring (bicyclic) bond motifs is 2. The van der Waals surface area contributed by atoms with E-state index in [1.807, 2.05) is 51.1 Å². The molecule has 7 heteroatoms. The Kier molecular flexibility index (Phi) is 4.77. The lowest BCUT2D eigenvalue weighted by Crippen LogP contribution is -2.26. The highest BCUT2D eigenvalue weighted by Crippen LogP contribution is 2.26. The number of benzene rings is 2. The van der Waals surface area contributed by atoms with Crippen molar-refractivity contribution in [3.05, 3.63) is 63.5 Å². The topological polar surface area (TPSA) is 68.9 Å². The first-order valence-corrected chi connectivity index (χ1v) is 10.2. The Morgan fingerprint density at radius 3 is 2.54 bits per heavy atom. The van der Waals surface area contributed by atoms with E-state index in [0.717, 1.165) is 26.3 Å². The molecular formula is C21H22N4O2S. The number of imidazole rings is 1. The first kappa shape index (κ1) is 18.4. The largest absolute Gasteiger partial charge is 0.343 e. The van der Waals surface area contributed by atoms with Crippen LogP contribution in [0.25, 0.3) is 21.3 Å². The third kappa shape index (κ3) is 3.01. The predicted octanol–water partition coefficient (Wildman–Crippen LogP) is 3.94. The number of hydrogen-bond donors (Lipinski definition) is 1. The molecule has 2 heterocycles. The number of nitrogens with zero attached hydrogens (tertiary/aromatic N) is 3. The van der Waals surface area contributed by atoms with E-state index in [1.54, 1.807) is 32.6 Å². The number of hydrogen-bond acceptors (Lipinski definition) is 4. The van der Waals surface area contributed by atoms with Gasteiger partial charge < -0.3 is 5.32 Å². The van der Waals surface area contributed by atoms with E-state index in [4.69, 9.17) is 0 Å². The van der Waals surface area contributed by atoms with Crippen LogP contribution >= 0.6 is 11.3 Å². The molecule has 4 aromatic rings. The van der Waals surface area contributed by atoms with Crippen molar-refractivity contribution in [1.82, 2.24) is 19.4 Å². The molecule has 2 aromatic carbocycles. The Morgan fingerprint density at radius 2 is 1.82 bits per heavy atom. The van der Waals surface area contributed by atoms with E-state index < -0.39 is 0 Å². The van der Waals surface area contributed by atoms with Crippen LogP contribution in [0.2, 0.25) is 0 Å². The number of carbonyl (C=O) groups excluding carboxylic acids is 1. The van der Waals surface area contributed by atoms with Crippen molar-refractivity contribution < 1.29 is 4.79 Å². The van der Waals surface area contributed by atoms with Gasteiger partial charge in [-0.2, -0.15) is 0 Å². The van der Waals surface area contributed by atoms with E-state index in [0.29, 0.717) is 18.7 Å². The van der Waals surface area contributed by atoms with Crippen molar-refractivity contribution in [2.45, 2.75) is 39.9 Å². The molecule has 0 bridgehead atoms. The monoisotopic (exact) mass is 394 g/mol. The zero-order valence-electron chi connectivity index (χ0n) is 16.1. The molecule has 0 aliphatic heterocycles. The second kappa shape index (κ2) is 7.24. The standard InChI is InChI=1S/C21H22N4O2S/c1-4-24-16-11-10-14(12-17(16)25(5-2)21(24)27)19(26)22-13(3)20-23-15-8-6-7-9-18(15)28-20/h6-13H,4-5H2,1-3H3,(H,22,26). The smallest absolute Gasteiger partial charge is 0.329 e. The maximum atomic E-state index is 12.8. The molecule has 0 aliphatic carbocycles. The van der Waals surface area contributed by atoms with Crippen molar-refractivity contribution in [3.8, 4) is 0 Å². The van der Waals surface area contributed by atoms with Gasteiger partial charge in [-0.15, -0.1) is 11.3 Å². The second-order valence-corrected chi connectivity index (χ2v) is 7.75. The number of carbonyl (C=O) groups is 1. The van der Waals surface area contributed by atoms with E-state index in [-0.39, 0.29) is 17.6 Å². The average Bonchev–Trinajstić information content (AvgIpc) is 3.25. The molecular weight excluding hydrogens is 372 g/mol. The van der Waals surface area contributed by atoms with Gasteiger partial charge in [0.15, 0.2) is 0 Å². The quantitative estimate of drug-likeness (QED) is 0.557. The maximum Gasteiger partial charge on any atom is 0.329 e. The van der Waals surface area contributed by atoms with Crippen LogP contribution in [0.15, 0.2) is 47.3 Å². The molecule has 1 N–H and O–H groups in total. The highest BCUT2D eigenvalue weighted by molar-refractivity contribution is 7.18. The molecule has 2 aromatic heterocycles. The third-order valence-corrected chi connectivity index (χ3v) is 6.16. The van der Waals surface area contributed by atoms with E-state index in [2.05, 4.69) is 10.3 Å². The molecule has 0 radical (unpaired) electrons. The molecule has 0 saturated carbocycles. The fourth-order valence-electron chi connectivity index (χ4n) is 3.49. The van der Waals surface area contributed by atoms with Crippen LogP contribution in [-0.2, 0) is 13.1 Å². The number of thiazole rings is 1. The highest BCUT2D eigenvalue weighted by atomic mass is 32.1. The fraction of sp³-hybridized carbons (Fsp3) is 0.286. The summed E-state index contributed by atoms with van der Waals surface area (Å²) in [4.78, 5) is 29.9. The average molecular weight is 395 g/mol. The molecule has 1 atom stereocenters. The van der Waals surface area contributed by atoms with Crippen LogP contribution in [-0.4, -0.2) is 20.0 Å². The Labute approximate surface area is 166 Å². The summed E-state index contributed by atoms with van der Waals surface area (Å²) in [5, 5.41) is 3.90. The number of aromatic nitrogens is 3. The fourth-order valence-corrected chi connectivity index (χ4v) is 4.46. The highest BCUT2D eigenvalue weighted by Gasteiger charge is 2.17. The normalized spacial score (nSPS) is 12.5. The SMILES string of the molecule is CCn1c(=O)n(CC)c2cc(C(=O)NC(C)c3nc4ccccc4s3)ccc21. The zero-order chi connectivity index (χ0) is 19.8. The van der Waals surface area contributed by atoms with Gasteiger partial charge in [-0.05, 0) is 51.1 Å². The van der Waals surface area contributed by atoms with Gasteiger partial charge in [-0.3, -0.25) is 13.9 Å². The molecule has 0 aliphatic rings. The summed E-state index contributed by atoms with van der Waals surface area (Å²) in [6, 6.07) is 13.2. The van der Waals surface area contributed by atoms with Crippen LogP contribution in [0.3, 0.4) is 0 Å². The molecule has 0 fully saturated rings. The summed E-state index contributed by atoms with van der Waals surface area (Å²) < 4.78 is 4.53. The van der Waals surface area contributed by atoms with Crippen LogP contribution in [0.4, 0.5) is 0 Å². The van der Waals surface area contributed by atoms with Crippen molar-refractivity contribution in [2.75, 3.05) is 0 Å². The molecule has 4 rings (SSSR count). The molecule has 144 valence electrons. The van der Waals surface area contributed by atoms with Crippen LogP contribution < -0.4 is 11.0 Å². The summed E-state index contributed by atoms with van der Waals surface area (Å²) in [7, 11) is 0. The Morgan fingerprint density at radius 1 is 1.11 bits per heavy atom. The van der Waals surface area contributed by atoms with Crippen molar-refractivity contribution in [3.63, 3.8) is 0 Å². The van der Waals surface area contributed by atoms with Gasteiger partial charge in [0.25, 0.3) is 5.91 Å². The lowest BCUT2D eigenvalue weighted by Gasteiger charge is -2.11. The minimum absolute atomic E-state index is 0.0413. The molecule has 1 unspecified atom stereocenters. The van der Waals surface area contributed by atoms with Gasteiger partial charge >= 0.3 is 5.69 Å². The van der Waals surface area contributed by atoms with Gasteiger partial charge in [0.1, 0.15) is 5.01 Å². The van der Waals surface area contributed by atoms with Crippen LogP contribution in [0.5, 0.6) is 0 Å². The van der Waals surface area contributed by atoms with Gasteiger partial charge in [-0.1, -0.05) is 12.1 Å². The summed E-state index contributed by atoms with van der Waals surface area (Å²) >= 11 is 1.58. The minimum atomic E-state index is -0.200. The van der Waals surface area contributed by atoms with E-state index in [9.17, 15) is 9.59 Å². The number of rotatable bonds is 5. The molecule has 1 amide bonds. The van der Waals surface area contributed by atoms with E-state index in [1.165, 1.54) is 0 Å². The van der Waals surface area contributed by atoms with Gasteiger partial charge in [0.2, 0.25) is 0 Å². The molecule has 0 spiro atoms. The number of aryl methyl sites for hydroxylation is 2. The summed E-state index contributed by atoms with van der Waals surface area (Å²) in [6.07, 6.45) is 0. The van der Waals surface area contributed by atoms with Crippen molar-refractivity contribution in [1.29, 1.82) is 0 Å². The van der Waals surface area contributed by atoms with Gasteiger partial charge in [0.05, 0.1) is 27.3 Å². The second-order valence-electron chi connectivity index (χ2n) is 6.69. The Balaban J connectivity index is 1.64. The van der Waals surface area contributed by atoms with Gasteiger partial charge in [0, 0.05) is 18.7 Å². The lowest BCUT2D eigenvalue weighted by molar-refractivity contribution is 0.0940. The number of amides is 1. The van der Waals surface area contributed by atoms with Gasteiger partial charge in [-0.25, -0.2) is 9.78 Å². The first-order valence-electron chi connectivity index (χ1n) is 9.42. The third-order valence-electron chi connectivity index (χ3n) is 4.94. The summed E-state index contributed by atoms with van der Waals surface area (Å²) in [5.41, 5.74) is 3.08. The minimum Gasteiger partial charge on any atom is -0.343 e. The van der Waals surface area contributed by atoms with Crippen LogP contribution in [0, 0.1) is 0 Å². The van der Waals surface area contributed by atoms with Crippen LogP contribution in [0.1, 0.15) is 42.2 Å². The summed E-state index contributed by atoms with van der Waals surface area (Å²) in [6.45, 7) is 6.98. The van der Waals surface area contributed by atoms with Crippen molar-refractivity contribution >= 4 is 38.5 Å². The lowest BCUT2D eigenvalue weighted by atomic mass is 10.1. The Bertz CT molecular complexity index is 1200. The first-order chi connectivity index (χ1) is 13.5. The number of nitrogens with one attached hydrogen (secondary N) is 1. The summed E-state index contributed by atoms with van der Waals surface area (Å²) in [5.74, 6) is -0.173. The molecule has 0 saturated heterocycles. The predicted molar refractivity (Wildman–Crippen MR) is 113 cm³/mol.